The number of imidazole rings is 1. The Morgan fingerprint density at radius 3 is 2.69 bits per heavy atom. The number of hydrogen-bond donors (Lipinski definition) is 1. The van der Waals surface area contributed by atoms with Gasteiger partial charge in [-0.25, -0.2) is 33.6 Å². The highest BCUT2D eigenvalue weighted by molar-refractivity contribution is 14.1. The van der Waals surface area contributed by atoms with Gasteiger partial charge in [0.2, 0.25) is 0 Å². The third-order valence-electron chi connectivity index (χ3n) is 6.40. The second-order valence-corrected chi connectivity index (χ2v) is 11.4. The van der Waals surface area contributed by atoms with Crippen LogP contribution in [0.4, 0.5) is 9.18 Å². The van der Waals surface area contributed by atoms with Crippen LogP contribution in [0.3, 0.4) is 0 Å². The number of amides is 1. The maximum absolute atomic E-state index is 14.4. The van der Waals surface area contributed by atoms with Crippen LogP contribution in [0.5, 0.6) is 0 Å². The molecular weight excluding hydrogens is 618 g/mol. The quantitative estimate of drug-likeness (QED) is 0.231. The number of carbonyl (C=O) groups is 1. The Balaban J connectivity index is 1.35. The van der Waals surface area contributed by atoms with E-state index < -0.39 is 11.7 Å². The maximum atomic E-state index is 14.4. The fraction of sp³-hybridized carbons (Fsp3) is 0.308. The topological polar surface area (TPSA) is 124 Å². The number of H-pyrrole nitrogens is 1. The summed E-state index contributed by atoms with van der Waals surface area (Å²) < 4.78 is 23.6. The van der Waals surface area contributed by atoms with Gasteiger partial charge in [0.05, 0.1) is 18.0 Å². The van der Waals surface area contributed by atoms with Crippen molar-refractivity contribution in [3.05, 3.63) is 68.2 Å². The number of ether oxygens (including phenoxy) is 1. The Bertz CT molecular complexity index is 1800. The summed E-state index contributed by atoms with van der Waals surface area (Å²) in [5.74, 6) is -0.0134. The summed E-state index contributed by atoms with van der Waals surface area (Å²) in [6.07, 6.45) is 1.24. The molecule has 1 aliphatic heterocycles. The SMILES string of the molecule is CC(C)(C)OC(=O)N1CC(n2c(=O)[nH]c3nc(-c4nn(Cc5ccccc5F)c5ncccc45)nc(I)c32)C1. The Labute approximate surface area is 235 Å². The van der Waals surface area contributed by atoms with Gasteiger partial charge in [0.25, 0.3) is 0 Å². The molecule has 39 heavy (non-hydrogen) atoms. The molecule has 1 N–H and O–H groups in total. The number of carbonyl (C=O) groups excluding carboxylic acids is 1. The van der Waals surface area contributed by atoms with Crippen molar-refractivity contribution in [3.8, 4) is 11.5 Å². The summed E-state index contributed by atoms with van der Waals surface area (Å²) in [6.45, 7) is 6.30. The lowest BCUT2D eigenvalue weighted by Gasteiger charge is -2.40. The summed E-state index contributed by atoms with van der Waals surface area (Å²) in [6, 6.07) is 9.94. The second-order valence-electron chi connectivity index (χ2n) is 10.3. The lowest BCUT2D eigenvalue weighted by molar-refractivity contribution is 0.00115. The van der Waals surface area contributed by atoms with Gasteiger partial charge in [0.1, 0.15) is 26.3 Å². The van der Waals surface area contributed by atoms with Crippen molar-refractivity contribution in [1.82, 2.24) is 39.2 Å². The molecule has 0 atom stereocenters. The molecule has 0 radical (unpaired) electrons. The van der Waals surface area contributed by atoms with Gasteiger partial charge in [-0.05, 0) is 61.6 Å². The fourth-order valence-corrected chi connectivity index (χ4v) is 5.36. The monoisotopic (exact) mass is 642 g/mol. The van der Waals surface area contributed by atoms with E-state index in [0.717, 1.165) is 0 Å². The van der Waals surface area contributed by atoms with Crippen LogP contribution in [-0.4, -0.2) is 64.0 Å². The molecule has 1 amide bonds. The van der Waals surface area contributed by atoms with Gasteiger partial charge in [-0.2, -0.15) is 5.10 Å². The molecule has 1 fully saturated rings. The maximum Gasteiger partial charge on any atom is 0.410 e. The molecule has 5 aromatic rings. The normalized spacial score (nSPS) is 14.2. The van der Waals surface area contributed by atoms with Crippen molar-refractivity contribution >= 4 is 50.9 Å². The number of nitrogens with one attached hydrogen (secondary N) is 1. The first kappa shape index (κ1) is 25.4. The van der Waals surface area contributed by atoms with Crippen LogP contribution in [0, 0.1) is 9.52 Å². The van der Waals surface area contributed by atoms with Crippen molar-refractivity contribution < 1.29 is 13.9 Å². The molecule has 4 aromatic heterocycles. The highest BCUT2D eigenvalue weighted by Gasteiger charge is 2.37. The van der Waals surface area contributed by atoms with E-state index in [4.69, 9.17) is 9.84 Å². The minimum absolute atomic E-state index is 0.183. The number of pyridine rings is 1. The summed E-state index contributed by atoms with van der Waals surface area (Å²) in [5, 5.41) is 5.40. The Hall–Kier alpha value is -3.88. The largest absolute Gasteiger partial charge is 0.444 e. The molecule has 0 spiro atoms. The molecule has 0 bridgehead atoms. The second kappa shape index (κ2) is 9.39. The van der Waals surface area contributed by atoms with Gasteiger partial charge in [-0.1, -0.05) is 18.2 Å². The minimum Gasteiger partial charge on any atom is -0.444 e. The lowest BCUT2D eigenvalue weighted by Crippen LogP contribution is -2.53. The van der Waals surface area contributed by atoms with Gasteiger partial charge in [-0.15, -0.1) is 0 Å². The Morgan fingerprint density at radius 1 is 1.18 bits per heavy atom. The van der Waals surface area contributed by atoms with Gasteiger partial charge in [-0.3, -0.25) is 9.55 Å². The van der Waals surface area contributed by atoms with Gasteiger partial charge >= 0.3 is 11.8 Å². The molecule has 200 valence electrons. The number of likely N-dealkylation sites (tertiary alicyclic amines) is 1. The first-order chi connectivity index (χ1) is 18.6. The molecule has 1 aliphatic rings. The van der Waals surface area contributed by atoms with Crippen LogP contribution in [0.25, 0.3) is 33.7 Å². The standard InChI is InChI=1S/C26H24FIN8O3/c1-26(2,3)39-25(38)34-12-15(13-34)36-19-20(28)30-21(31-22(19)32-24(36)37)18-16-8-6-10-29-23(16)35(33-18)11-14-7-4-5-9-17(14)27/h4-10,15H,11-13H2,1-3H3,(H,30,31,32,37). The van der Waals surface area contributed by atoms with Gasteiger partial charge in [0, 0.05) is 24.8 Å². The average Bonchev–Trinajstić information content (AvgIpc) is 3.36. The number of aromatic nitrogens is 7. The van der Waals surface area contributed by atoms with E-state index in [-0.39, 0.29) is 24.1 Å². The number of benzene rings is 1. The summed E-state index contributed by atoms with van der Waals surface area (Å²) in [4.78, 5) is 43.5. The number of nitrogens with zero attached hydrogens (tertiary/aromatic N) is 7. The zero-order chi connectivity index (χ0) is 27.5. The summed E-state index contributed by atoms with van der Waals surface area (Å²) in [7, 11) is 0. The van der Waals surface area contributed by atoms with E-state index in [1.807, 2.05) is 26.8 Å². The van der Waals surface area contributed by atoms with Crippen LogP contribution in [0.1, 0.15) is 32.4 Å². The minimum atomic E-state index is -0.596. The van der Waals surface area contributed by atoms with Crippen molar-refractivity contribution in [2.24, 2.45) is 0 Å². The third-order valence-corrected chi connectivity index (χ3v) is 7.15. The van der Waals surface area contributed by atoms with Crippen molar-refractivity contribution in [2.75, 3.05) is 13.1 Å². The number of halogens is 2. The molecule has 0 saturated carbocycles. The van der Waals surface area contributed by atoms with E-state index in [9.17, 15) is 14.0 Å². The van der Waals surface area contributed by atoms with Crippen LogP contribution in [0.2, 0.25) is 0 Å². The van der Waals surface area contributed by atoms with Crippen LogP contribution >= 0.6 is 22.6 Å². The highest BCUT2D eigenvalue weighted by atomic mass is 127. The Morgan fingerprint density at radius 2 is 1.95 bits per heavy atom. The van der Waals surface area contributed by atoms with Gasteiger partial charge in [0.15, 0.2) is 17.1 Å². The Kier molecular flexibility index (Phi) is 6.12. The molecule has 11 nitrogen and oxygen atoms in total. The number of hydrogen-bond acceptors (Lipinski definition) is 7. The molecule has 1 saturated heterocycles. The van der Waals surface area contributed by atoms with Crippen molar-refractivity contribution in [3.63, 3.8) is 0 Å². The molecule has 5 heterocycles. The summed E-state index contributed by atoms with van der Waals surface area (Å²) >= 11 is 2.08. The number of fused-ring (bicyclic) bond motifs is 2. The fourth-order valence-electron chi connectivity index (χ4n) is 4.61. The molecule has 1 aromatic carbocycles. The van der Waals surface area contributed by atoms with Gasteiger partial charge < -0.3 is 9.64 Å². The van der Waals surface area contributed by atoms with Crippen molar-refractivity contribution in [1.29, 1.82) is 0 Å². The van der Waals surface area contributed by atoms with E-state index >= 15 is 0 Å². The van der Waals surface area contributed by atoms with Crippen LogP contribution in [-0.2, 0) is 11.3 Å². The van der Waals surface area contributed by atoms with Crippen LogP contribution < -0.4 is 5.69 Å². The first-order valence-corrected chi connectivity index (χ1v) is 13.4. The number of aromatic amines is 1. The smallest absolute Gasteiger partial charge is 0.410 e. The van der Waals surface area contributed by atoms with E-state index in [0.29, 0.717) is 56.1 Å². The number of rotatable bonds is 4. The van der Waals surface area contributed by atoms with E-state index in [2.05, 4.69) is 42.5 Å². The molecule has 13 heteroatoms. The van der Waals surface area contributed by atoms with E-state index in [1.165, 1.54) is 6.07 Å². The molecule has 6 rings (SSSR count). The average molecular weight is 642 g/mol. The predicted molar refractivity (Wildman–Crippen MR) is 150 cm³/mol. The van der Waals surface area contributed by atoms with Crippen molar-refractivity contribution in [2.45, 2.75) is 39.0 Å². The highest BCUT2D eigenvalue weighted by Crippen LogP contribution is 2.30. The molecule has 0 unspecified atom stereocenters. The lowest BCUT2D eigenvalue weighted by atomic mass is 10.1. The molecule has 0 aliphatic carbocycles. The summed E-state index contributed by atoms with van der Waals surface area (Å²) in [5.41, 5.74) is 1.52. The predicted octanol–water partition coefficient (Wildman–Crippen LogP) is 4.12. The zero-order valence-electron chi connectivity index (χ0n) is 21.4. The molecular formula is C26H24FIN8O3. The van der Waals surface area contributed by atoms with Crippen LogP contribution in [0.15, 0.2) is 47.4 Å². The zero-order valence-corrected chi connectivity index (χ0v) is 23.5. The third kappa shape index (κ3) is 4.64. The van der Waals surface area contributed by atoms with E-state index in [1.54, 1.807) is 44.6 Å². The first-order valence-electron chi connectivity index (χ1n) is 12.3.